The summed E-state index contributed by atoms with van der Waals surface area (Å²) in [6.07, 6.45) is 1.65. The monoisotopic (exact) mass is 293 g/mol. The van der Waals surface area contributed by atoms with E-state index in [4.69, 9.17) is 0 Å². The Kier molecular flexibility index (Phi) is 3.18. The van der Waals surface area contributed by atoms with Crippen molar-refractivity contribution in [3.8, 4) is 10.6 Å². The van der Waals surface area contributed by atoms with Crippen LogP contribution < -0.4 is 5.32 Å². The fourth-order valence-electron chi connectivity index (χ4n) is 1.34. The SMILES string of the molecule is O=C(Nc1nccs1)c1csc(-c2ccsc2)n1. The molecule has 3 heterocycles. The third-order valence-electron chi connectivity index (χ3n) is 2.16. The van der Waals surface area contributed by atoms with Crippen LogP contribution in [0.4, 0.5) is 5.13 Å². The van der Waals surface area contributed by atoms with E-state index in [0.29, 0.717) is 10.8 Å². The zero-order valence-corrected chi connectivity index (χ0v) is 11.4. The number of amides is 1. The average Bonchev–Trinajstić information content (AvgIpc) is 3.11. The lowest BCUT2D eigenvalue weighted by Gasteiger charge is -1.96. The Balaban J connectivity index is 1.79. The molecule has 0 aliphatic rings. The number of nitrogens with one attached hydrogen (secondary N) is 1. The highest BCUT2D eigenvalue weighted by atomic mass is 32.1. The van der Waals surface area contributed by atoms with E-state index in [1.807, 2.05) is 22.2 Å². The lowest BCUT2D eigenvalue weighted by Crippen LogP contribution is -2.11. The predicted molar refractivity (Wildman–Crippen MR) is 75.5 cm³/mol. The molecule has 0 aliphatic heterocycles. The molecule has 1 N–H and O–H groups in total. The second-order valence-corrected chi connectivity index (χ2v) is 5.87. The number of anilines is 1. The van der Waals surface area contributed by atoms with E-state index >= 15 is 0 Å². The van der Waals surface area contributed by atoms with Crippen LogP contribution in [0, 0.1) is 0 Å². The maximum Gasteiger partial charge on any atom is 0.276 e. The van der Waals surface area contributed by atoms with Gasteiger partial charge in [-0.3, -0.25) is 10.1 Å². The maximum absolute atomic E-state index is 11.9. The van der Waals surface area contributed by atoms with Gasteiger partial charge in [0.2, 0.25) is 0 Å². The Bertz CT molecular complexity index is 643. The molecule has 7 heteroatoms. The number of rotatable bonds is 3. The van der Waals surface area contributed by atoms with Crippen LogP contribution in [-0.2, 0) is 0 Å². The van der Waals surface area contributed by atoms with Gasteiger partial charge in [0, 0.05) is 27.9 Å². The Morgan fingerprint density at radius 3 is 2.89 bits per heavy atom. The Morgan fingerprint density at radius 1 is 1.22 bits per heavy atom. The molecule has 0 aromatic carbocycles. The molecule has 0 radical (unpaired) electrons. The predicted octanol–water partition coefficient (Wildman–Crippen LogP) is 3.58. The number of aromatic nitrogens is 2. The normalized spacial score (nSPS) is 10.4. The molecule has 90 valence electrons. The number of carbonyl (C=O) groups excluding carboxylic acids is 1. The molecule has 0 fully saturated rings. The van der Waals surface area contributed by atoms with Crippen molar-refractivity contribution in [2.75, 3.05) is 5.32 Å². The first-order chi connectivity index (χ1) is 8.83. The smallest absolute Gasteiger partial charge is 0.276 e. The summed E-state index contributed by atoms with van der Waals surface area (Å²) >= 11 is 4.46. The average molecular weight is 293 g/mol. The molecule has 0 spiro atoms. The number of hydrogen-bond acceptors (Lipinski definition) is 6. The van der Waals surface area contributed by atoms with E-state index in [9.17, 15) is 4.79 Å². The van der Waals surface area contributed by atoms with Crippen LogP contribution in [0.3, 0.4) is 0 Å². The first-order valence-electron chi connectivity index (χ1n) is 5.02. The molecule has 0 saturated heterocycles. The van der Waals surface area contributed by atoms with Gasteiger partial charge in [-0.1, -0.05) is 0 Å². The van der Waals surface area contributed by atoms with E-state index in [0.717, 1.165) is 10.6 Å². The first kappa shape index (κ1) is 11.5. The van der Waals surface area contributed by atoms with Gasteiger partial charge in [-0.05, 0) is 11.4 Å². The highest BCUT2D eigenvalue weighted by molar-refractivity contribution is 7.14. The van der Waals surface area contributed by atoms with E-state index in [1.54, 1.807) is 22.9 Å². The first-order valence-corrected chi connectivity index (χ1v) is 7.72. The molecule has 3 rings (SSSR count). The van der Waals surface area contributed by atoms with Gasteiger partial charge in [0.15, 0.2) is 5.13 Å². The topological polar surface area (TPSA) is 54.9 Å². The van der Waals surface area contributed by atoms with E-state index < -0.39 is 0 Å². The van der Waals surface area contributed by atoms with Gasteiger partial charge in [0.05, 0.1) is 0 Å². The molecule has 18 heavy (non-hydrogen) atoms. The molecule has 0 aliphatic carbocycles. The molecular weight excluding hydrogens is 286 g/mol. The molecule has 0 saturated carbocycles. The van der Waals surface area contributed by atoms with Crippen molar-refractivity contribution in [3.63, 3.8) is 0 Å². The van der Waals surface area contributed by atoms with E-state index in [2.05, 4.69) is 15.3 Å². The Morgan fingerprint density at radius 2 is 2.17 bits per heavy atom. The number of carbonyl (C=O) groups is 1. The van der Waals surface area contributed by atoms with E-state index in [-0.39, 0.29) is 5.91 Å². The third kappa shape index (κ3) is 2.33. The van der Waals surface area contributed by atoms with Crippen molar-refractivity contribution < 1.29 is 4.79 Å². The minimum atomic E-state index is -0.220. The second kappa shape index (κ2) is 4.97. The summed E-state index contributed by atoms with van der Waals surface area (Å²) in [5.41, 5.74) is 1.48. The summed E-state index contributed by atoms with van der Waals surface area (Å²) in [4.78, 5) is 20.2. The Labute approximate surface area is 115 Å². The van der Waals surface area contributed by atoms with Crippen molar-refractivity contribution >= 4 is 45.0 Å². The summed E-state index contributed by atoms with van der Waals surface area (Å²) < 4.78 is 0. The van der Waals surface area contributed by atoms with Gasteiger partial charge in [-0.2, -0.15) is 11.3 Å². The summed E-state index contributed by atoms with van der Waals surface area (Å²) in [6, 6.07) is 1.99. The van der Waals surface area contributed by atoms with E-state index in [1.165, 1.54) is 22.7 Å². The summed E-state index contributed by atoms with van der Waals surface area (Å²) in [5.74, 6) is -0.220. The highest BCUT2D eigenvalue weighted by Crippen LogP contribution is 2.26. The fraction of sp³-hybridized carbons (Fsp3) is 0. The molecule has 1 amide bonds. The maximum atomic E-state index is 11.9. The van der Waals surface area contributed by atoms with Crippen molar-refractivity contribution in [1.82, 2.24) is 9.97 Å². The van der Waals surface area contributed by atoms with Gasteiger partial charge >= 0.3 is 0 Å². The largest absolute Gasteiger partial charge is 0.296 e. The van der Waals surface area contributed by atoms with Gasteiger partial charge in [-0.15, -0.1) is 22.7 Å². The van der Waals surface area contributed by atoms with Gasteiger partial charge in [0.1, 0.15) is 10.7 Å². The van der Waals surface area contributed by atoms with Crippen molar-refractivity contribution in [2.24, 2.45) is 0 Å². The molecular formula is C11H7N3OS3. The van der Waals surface area contributed by atoms with Crippen molar-refractivity contribution in [3.05, 3.63) is 39.5 Å². The molecule has 4 nitrogen and oxygen atoms in total. The van der Waals surface area contributed by atoms with Crippen LogP contribution in [0.2, 0.25) is 0 Å². The van der Waals surface area contributed by atoms with Crippen molar-refractivity contribution in [2.45, 2.75) is 0 Å². The minimum absolute atomic E-state index is 0.220. The quantitative estimate of drug-likeness (QED) is 0.803. The Hall–Kier alpha value is -1.57. The van der Waals surface area contributed by atoms with Crippen LogP contribution in [0.5, 0.6) is 0 Å². The molecule has 0 unspecified atom stereocenters. The molecule has 3 aromatic heterocycles. The van der Waals surface area contributed by atoms with Crippen LogP contribution in [0.1, 0.15) is 10.5 Å². The van der Waals surface area contributed by atoms with Crippen LogP contribution >= 0.6 is 34.0 Å². The second-order valence-electron chi connectivity index (χ2n) is 3.34. The minimum Gasteiger partial charge on any atom is -0.296 e. The number of nitrogens with zero attached hydrogens (tertiary/aromatic N) is 2. The zero-order valence-electron chi connectivity index (χ0n) is 8.99. The molecule has 0 atom stereocenters. The van der Waals surface area contributed by atoms with Crippen LogP contribution in [0.15, 0.2) is 33.8 Å². The van der Waals surface area contributed by atoms with Crippen LogP contribution in [-0.4, -0.2) is 15.9 Å². The molecule has 0 bridgehead atoms. The van der Waals surface area contributed by atoms with Gasteiger partial charge < -0.3 is 0 Å². The summed E-state index contributed by atoms with van der Waals surface area (Å²) in [5, 5.41) is 11.7. The van der Waals surface area contributed by atoms with Crippen LogP contribution in [0.25, 0.3) is 10.6 Å². The van der Waals surface area contributed by atoms with Gasteiger partial charge in [-0.25, -0.2) is 9.97 Å². The number of hydrogen-bond donors (Lipinski definition) is 1. The standard InChI is InChI=1S/C11H7N3OS3/c15-9(14-11-12-2-4-17-11)8-6-18-10(13-8)7-1-3-16-5-7/h1-6H,(H,12,14,15). The number of thiazole rings is 2. The third-order valence-corrected chi connectivity index (χ3v) is 4.42. The highest BCUT2D eigenvalue weighted by Gasteiger charge is 2.13. The number of thiophene rings is 1. The fourth-order valence-corrected chi connectivity index (χ4v) is 3.38. The van der Waals surface area contributed by atoms with Crippen molar-refractivity contribution in [1.29, 1.82) is 0 Å². The summed E-state index contributed by atoms with van der Waals surface area (Å²) in [6.45, 7) is 0. The lowest BCUT2D eigenvalue weighted by atomic mass is 10.3. The van der Waals surface area contributed by atoms with Gasteiger partial charge in [0.25, 0.3) is 5.91 Å². The lowest BCUT2D eigenvalue weighted by molar-refractivity contribution is 0.102. The molecule has 3 aromatic rings. The summed E-state index contributed by atoms with van der Waals surface area (Å²) in [7, 11) is 0. The zero-order chi connectivity index (χ0) is 12.4.